The average Bonchev–Trinajstić information content (AvgIpc) is 3.24. The highest BCUT2D eigenvalue weighted by Gasteiger charge is 2.26. The molecule has 4 aromatic carbocycles. The molecule has 0 saturated carbocycles. The summed E-state index contributed by atoms with van der Waals surface area (Å²) in [4.78, 5) is 0. The highest BCUT2D eigenvalue weighted by atomic mass is 32.1. The van der Waals surface area contributed by atoms with Crippen LogP contribution in [0.3, 0.4) is 0 Å². The number of hydrogen-bond acceptors (Lipinski definition) is 0. The Morgan fingerprint density at radius 1 is 0.838 bits per heavy atom. The molecule has 0 aliphatic carbocycles. The number of fused-ring (bicyclic) bond motifs is 4. The van der Waals surface area contributed by atoms with Gasteiger partial charge in [0.15, 0.2) is 11.3 Å². The van der Waals surface area contributed by atoms with Crippen molar-refractivity contribution in [3.05, 3.63) is 113 Å². The van der Waals surface area contributed by atoms with Crippen molar-refractivity contribution in [2.75, 3.05) is 0 Å². The fourth-order valence-corrected chi connectivity index (χ4v) is 7.11. The fraction of sp³-hybridized carbons (Fsp3) is 0.200. The Kier molecular flexibility index (Phi) is 5.62. The van der Waals surface area contributed by atoms with Crippen LogP contribution in [0.15, 0.2) is 96.2 Å². The van der Waals surface area contributed by atoms with Gasteiger partial charge in [-0.15, -0.1) is 23.3 Å². The molecule has 2 heteroatoms. The van der Waals surface area contributed by atoms with Gasteiger partial charge in [0.1, 0.15) is 4.70 Å². The second-order valence-electron chi connectivity index (χ2n) is 11.5. The van der Waals surface area contributed by atoms with Gasteiger partial charge in [-0.2, -0.15) is 0 Å². The normalized spacial score (nSPS) is 14.5. The minimum Gasteiger partial charge on any atom is -0.336 e. The summed E-state index contributed by atoms with van der Waals surface area (Å²) in [5.74, 6) is 0. The number of aryl methyl sites for hydroxylation is 1. The lowest BCUT2D eigenvalue weighted by atomic mass is 9.83. The van der Waals surface area contributed by atoms with Crippen LogP contribution >= 0.6 is 11.3 Å². The monoisotopic (exact) mass is 499 g/mol. The van der Waals surface area contributed by atoms with Gasteiger partial charge in [-0.1, -0.05) is 107 Å². The molecule has 184 valence electrons. The van der Waals surface area contributed by atoms with Crippen LogP contribution in [0, 0.1) is 18.4 Å². The molecule has 37 heavy (non-hydrogen) atoms. The molecule has 5 aromatic rings. The molecule has 2 heterocycles. The Balaban J connectivity index is 1.59. The van der Waals surface area contributed by atoms with Gasteiger partial charge >= 0.3 is 0 Å². The molecule has 6 rings (SSSR count). The molecule has 0 spiro atoms. The molecule has 0 N–H and O–H groups in total. The maximum atomic E-state index is 4.42. The fourth-order valence-electron chi connectivity index (χ4n) is 5.68. The molecule has 0 saturated heterocycles. The summed E-state index contributed by atoms with van der Waals surface area (Å²) in [7, 11) is 0. The second-order valence-corrected chi connectivity index (χ2v) is 12.5. The van der Waals surface area contributed by atoms with Crippen molar-refractivity contribution >= 4 is 49.0 Å². The standard InChI is InChI=1S/C35H33NS/c1-22-17-18-30-29-16-10-15-28(27-14-9-12-24-11-7-8-13-26(24)27)33(29)37-34(30)32(22)31-19-25(20-35(3,4)5)23(2)21-36(31)6/h7-19,21H,6,20H2,1-5H3. The smallest absolute Gasteiger partial charge is 0.231 e. The molecule has 1 aromatic heterocycles. The van der Waals surface area contributed by atoms with E-state index in [1.54, 1.807) is 0 Å². The van der Waals surface area contributed by atoms with Crippen molar-refractivity contribution in [3.63, 3.8) is 0 Å². The zero-order valence-electron chi connectivity index (χ0n) is 22.4. The minimum atomic E-state index is 0.224. The highest BCUT2D eigenvalue weighted by molar-refractivity contribution is 7.26. The summed E-state index contributed by atoms with van der Waals surface area (Å²) in [5.41, 5.74) is 8.11. The van der Waals surface area contributed by atoms with E-state index < -0.39 is 0 Å². The van der Waals surface area contributed by atoms with Crippen molar-refractivity contribution in [2.24, 2.45) is 5.41 Å². The summed E-state index contributed by atoms with van der Waals surface area (Å²) in [5, 5.41) is 5.22. The van der Waals surface area contributed by atoms with Crippen molar-refractivity contribution in [3.8, 4) is 11.1 Å². The van der Waals surface area contributed by atoms with Crippen LogP contribution in [-0.4, -0.2) is 11.3 Å². The van der Waals surface area contributed by atoms with Crippen LogP contribution in [0.2, 0.25) is 0 Å². The molecular formula is C35H33NS. The van der Waals surface area contributed by atoms with E-state index >= 15 is 0 Å². The van der Waals surface area contributed by atoms with Gasteiger partial charge in [-0.05, 0) is 39.3 Å². The predicted molar refractivity (Wildman–Crippen MR) is 163 cm³/mol. The molecule has 1 aliphatic rings. The molecule has 0 unspecified atom stereocenters. The third kappa shape index (κ3) is 4.10. The van der Waals surface area contributed by atoms with Crippen LogP contribution in [-0.2, 0) is 0 Å². The van der Waals surface area contributed by atoms with Crippen molar-refractivity contribution in [1.29, 1.82) is 0 Å². The third-order valence-corrected chi connectivity index (χ3v) is 8.68. The average molecular weight is 500 g/mol. The maximum Gasteiger partial charge on any atom is 0.231 e. The summed E-state index contributed by atoms with van der Waals surface area (Å²) < 4.78 is 4.75. The summed E-state index contributed by atoms with van der Waals surface area (Å²) in [6, 6.07) is 27.9. The number of nitrogens with zero attached hydrogens (tertiary/aromatic N) is 1. The van der Waals surface area contributed by atoms with E-state index in [1.165, 1.54) is 70.4 Å². The molecule has 0 radical (unpaired) electrons. The van der Waals surface area contributed by atoms with Gasteiger partial charge in [0, 0.05) is 17.7 Å². The third-order valence-electron chi connectivity index (χ3n) is 7.41. The Hall–Kier alpha value is -3.62. The Labute approximate surface area is 224 Å². The van der Waals surface area contributed by atoms with Crippen molar-refractivity contribution in [2.45, 2.75) is 41.0 Å². The minimum absolute atomic E-state index is 0.224. The van der Waals surface area contributed by atoms with Crippen LogP contribution in [0.4, 0.5) is 0 Å². The SMILES string of the molecule is C=[N+]1C=C(C)C(CC(C)(C)C)=C[C-]1c1c(C)ccc2c3cccc(-c4cccc5ccccc45)c3[s+][c-]12. The molecule has 1 nitrogen and oxygen atoms in total. The molecule has 0 atom stereocenters. The molecule has 1 aliphatic heterocycles. The van der Waals surface area contributed by atoms with Crippen LogP contribution in [0.25, 0.3) is 42.1 Å². The van der Waals surface area contributed by atoms with E-state index in [2.05, 4.69) is 131 Å². The van der Waals surface area contributed by atoms with E-state index in [0.29, 0.717) is 0 Å². The molecule has 0 amide bonds. The summed E-state index contributed by atoms with van der Waals surface area (Å²) in [6.07, 6.45) is 5.62. The first-order chi connectivity index (χ1) is 17.7. The lowest BCUT2D eigenvalue weighted by molar-refractivity contribution is -0.418. The predicted octanol–water partition coefficient (Wildman–Crippen LogP) is 10.1. The largest absolute Gasteiger partial charge is 0.336 e. The zero-order chi connectivity index (χ0) is 25.9. The lowest BCUT2D eigenvalue weighted by Gasteiger charge is -2.32. The molecular weight excluding hydrogens is 466 g/mol. The van der Waals surface area contributed by atoms with Gasteiger partial charge < -0.3 is 4.58 Å². The Morgan fingerprint density at radius 2 is 1.54 bits per heavy atom. The Bertz CT molecular complexity index is 1770. The van der Waals surface area contributed by atoms with Gasteiger partial charge in [-0.25, -0.2) is 0 Å². The van der Waals surface area contributed by atoms with Gasteiger partial charge in [-0.3, -0.25) is 0 Å². The summed E-state index contributed by atoms with van der Waals surface area (Å²) in [6.45, 7) is 15.8. The first-order valence-corrected chi connectivity index (χ1v) is 13.8. The van der Waals surface area contributed by atoms with E-state index in [-0.39, 0.29) is 5.41 Å². The molecule has 0 fully saturated rings. The van der Waals surface area contributed by atoms with Crippen LogP contribution in [0.5, 0.6) is 0 Å². The van der Waals surface area contributed by atoms with Crippen molar-refractivity contribution < 1.29 is 4.58 Å². The van der Waals surface area contributed by atoms with Crippen molar-refractivity contribution in [1.82, 2.24) is 0 Å². The van der Waals surface area contributed by atoms with Crippen LogP contribution in [0.1, 0.15) is 45.2 Å². The Morgan fingerprint density at radius 3 is 2.35 bits per heavy atom. The number of thiophene rings is 1. The second kappa shape index (κ2) is 8.75. The number of rotatable bonds is 3. The maximum absolute atomic E-state index is 4.42. The van der Waals surface area contributed by atoms with Gasteiger partial charge in [0.2, 0.25) is 4.70 Å². The van der Waals surface area contributed by atoms with E-state index in [4.69, 9.17) is 0 Å². The topological polar surface area (TPSA) is 3.01 Å². The van der Waals surface area contributed by atoms with Gasteiger partial charge in [0.25, 0.3) is 0 Å². The first kappa shape index (κ1) is 23.8. The number of allylic oxidation sites excluding steroid dienone is 2. The van der Waals surface area contributed by atoms with Gasteiger partial charge in [0.05, 0.1) is 12.2 Å². The first-order valence-electron chi connectivity index (χ1n) is 13.0. The highest BCUT2D eigenvalue weighted by Crippen LogP contribution is 2.46. The zero-order valence-corrected chi connectivity index (χ0v) is 23.2. The van der Waals surface area contributed by atoms with E-state index in [1.807, 2.05) is 11.3 Å². The molecule has 0 bridgehead atoms. The quantitative estimate of drug-likeness (QED) is 0.132. The number of hydrogen-bond donors (Lipinski definition) is 0. The van der Waals surface area contributed by atoms with E-state index in [9.17, 15) is 0 Å². The van der Waals surface area contributed by atoms with Crippen LogP contribution < -0.4 is 0 Å². The summed E-state index contributed by atoms with van der Waals surface area (Å²) >= 11 is 1.92. The lowest BCUT2D eigenvalue weighted by Crippen LogP contribution is -2.19. The van der Waals surface area contributed by atoms with E-state index in [0.717, 1.165) is 6.42 Å². The number of benzene rings is 4.